The molecule has 0 bridgehead atoms. The average Bonchev–Trinajstić information content (AvgIpc) is 2.65. The van der Waals surface area contributed by atoms with E-state index in [1.54, 1.807) is 0 Å². The molecule has 0 aromatic heterocycles. The van der Waals surface area contributed by atoms with E-state index in [1.807, 2.05) is 0 Å². The first kappa shape index (κ1) is 13.4. The lowest BCUT2D eigenvalue weighted by Gasteiger charge is -2.42. The zero-order chi connectivity index (χ0) is 12.4. The van der Waals surface area contributed by atoms with Crippen LogP contribution in [0.3, 0.4) is 0 Å². The summed E-state index contributed by atoms with van der Waals surface area (Å²) in [6.45, 7) is 10.0. The maximum absolute atomic E-state index is 3.43. The van der Waals surface area contributed by atoms with Crippen molar-refractivity contribution in [3.8, 4) is 0 Å². The Morgan fingerprint density at radius 3 is 2.35 bits per heavy atom. The molecule has 1 saturated heterocycles. The molecular weight excluding hydrogens is 208 g/mol. The molecule has 1 N–H and O–H groups in total. The summed E-state index contributed by atoms with van der Waals surface area (Å²) in [5, 5.41) is 3.43. The summed E-state index contributed by atoms with van der Waals surface area (Å²) < 4.78 is 0. The van der Waals surface area contributed by atoms with E-state index in [0.29, 0.717) is 10.8 Å². The number of piperidine rings is 1. The van der Waals surface area contributed by atoms with Crippen molar-refractivity contribution in [2.75, 3.05) is 33.2 Å². The summed E-state index contributed by atoms with van der Waals surface area (Å²) in [6.07, 6.45) is 8.55. The van der Waals surface area contributed by atoms with Crippen LogP contribution in [0.5, 0.6) is 0 Å². The van der Waals surface area contributed by atoms with E-state index >= 15 is 0 Å². The van der Waals surface area contributed by atoms with Crippen LogP contribution in [-0.2, 0) is 0 Å². The molecule has 17 heavy (non-hydrogen) atoms. The smallest absolute Gasteiger partial charge is 0.00504 e. The summed E-state index contributed by atoms with van der Waals surface area (Å²) >= 11 is 0. The van der Waals surface area contributed by atoms with Gasteiger partial charge in [0.2, 0.25) is 0 Å². The van der Waals surface area contributed by atoms with E-state index in [1.165, 1.54) is 64.7 Å². The van der Waals surface area contributed by atoms with E-state index in [0.717, 1.165) is 0 Å². The van der Waals surface area contributed by atoms with Crippen molar-refractivity contribution in [3.63, 3.8) is 0 Å². The van der Waals surface area contributed by atoms with Gasteiger partial charge < -0.3 is 10.2 Å². The van der Waals surface area contributed by atoms with Crippen molar-refractivity contribution in [3.05, 3.63) is 0 Å². The van der Waals surface area contributed by atoms with Gasteiger partial charge in [0, 0.05) is 19.6 Å². The van der Waals surface area contributed by atoms with E-state index in [-0.39, 0.29) is 0 Å². The largest absolute Gasteiger partial charge is 0.319 e. The highest BCUT2D eigenvalue weighted by Crippen LogP contribution is 2.40. The van der Waals surface area contributed by atoms with Crippen LogP contribution in [0.2, 0.25) is 0 Å². The summed E-state index contributed by atoms with van der Waals surface area (Å²) in [6, 6.07) is 0. The Balaban J connectivity index is 1.93. The molecule has 0 radical (unpaired) electrons. The van der Waals surface area contributed by atoms with Gasteiger partial charge in [-0.2, -0.15) is 0 Å². The first-order chi connectivity index (χ1) is 8.05. The number of hydrogen-bond donors (Lipinski definition) is 1. The second kappa shape index (κ2) is 5.27. The molecule has 1 aliphatic heterocycles. The molecule has 0 atom stereocenters. The molecule has 0 unspecified atom stereocenters. The van der Waals surface area contributed by atoms with Crippen molar-refractivity contribution in [2.45, 2.75) is 52.4 Å². The second-order valence-corrected chi connectivity index (χ2v) is 7.22. The molecule has 2 heteroatoms. The molecule has 2 fully saturated rings. The van der Waals surface area contributed by atoms with Crippen LogP contribution in [0.1, 0.15) is 52.4 Å². The third-order valence-corrected chi connectivity index (χ3v) is 4.75. The van der Waals surface area contributed by atoms with Gasteiger partial charge >= 0.3 is 0 Å². The number of likely N-dealkylation sites (tertiary alicyclic amines) is 1. The minimum absolute atomic E-state index is 0.539. The Labute approximate surface area is 107 Å². The van der Waals surface area contributed by atoms with Gasteiger partial charge in [-0.25, -0.2) is 0 Å². The predicted molar refractivity (Wildman–Crippen MR) is 74.3 cm³/mol. The number of hydrogen-bond acceptors (Lipinski definition) is 2. The van der Waals surface area contributed by atoms with Crippen LogP contribution < -0.4 is 5.32 Å². The van der Waals surface area contributed by atoms with Crippen molar-refractivity contribution in [2.24, 2.45) is 10.8 Å². The lowest BCUT2D eigenvalue weighted by atomic mass is 9.81. The molecule has 0 aromatic carbocycles. The van der Waals surface area contributed by atoms with E-state index < -0.39 is 0 Å². The molecule has 2 aliphatic rings. The van der Waals surface area contributed by atoms with Crippen molar-refractivity contribution in [1.82, 2.24) is 10.2 Å². The number of nitrogens with zero attached hydrogens (tertiary/aromatic N) is 1. The number of nitrogens with one attached hydrogen (secondary N) is 1. The third-order valence-electron chi connectivity index (χ3n) is 4.75. The first-order valence-electron chi connectivity index (χ1n) is 7.42. The summed E-state index contributed by atoms with van der Waals surface area (Å²) in [5.41, 5.74) is 1.12. The molecule has 100 valence electrons. The fourth-order valence-corrected chi connectivity index (χ4v) is 4.04. The van der Waals surface area contributed by atoms with Gasteiger partial charge in [0.1, 0.15) is 0 Å². The lowest BCUT2D eigenvalue weighted by Crippen LogP contribution is -2.47. The zero-order valence-corrected chi connectivity index (χ0v) is 12.0. The minimum atomic E-state index is 0.539. The van der Waals surface area contributed by atoms with Crippen molar-refractivity contribution < 1.29 is 0 Å². The van der Waals surface area contributed by atoms with Crippen LogP contribution in [0.25, 0.3) is 0 Å². The van der Waals surface area contributed by atoms with Crippen LogP contribution in [0.15, 0.2) is 0 Å². The van der Waals surface area contributed by atoms with Gasteiger partial charge in [0.25, 0.3) is 0 Å². The van der Waals surface area contributed by atoms with Gasteiger partial charge in [-0.1, -0.05) is 26.7 Å². The highest BCUT2D eigenvalue weighted by molar-refractivity contribution is 4.91. The van der Waals surface area contributed by atoms with Crippen LogP contribution in [0, 0.1) is 10.8 Å². The van der Waals surface area contributed by atoms with Crippen molar-refractivity contribution >= 4 is 0 Å². The van der Waals surface area contributed by atoms with Crippen LogP contribution >= 0.6 is 0 Å². The Morgan fingerprint density at radius 2 is 1.76 bits per heavy atom. The fraction of sp³-hybridized carbons (Fsp3) is 1.00. The first-order valence-corrected chi connectivity index (χ1v) is 7.42. The normalized spacial score (nSPS) is 28.4. The van der Waals surface area contributed by atoms with Crippen LogP contribution in [-0.4, -0.2) is 38.1 Å². The minimum Gasteiger partial charge on any atom is -0.319 e. The molecule has 1 aliphatic carbocycles. The standard InChI is InChI=1S/C15H30N2/c1-14(2)7-6-10-17(12-14)13-15(11-16-3)8-4-5-9-15/h16H,4-13H2,1-3H3. The van der Waals surface area contributed by atoms with E-state index in [2.05, 4.69) is 31.1 Å². The lowest BCUT2D eigenvalue weighted by molar-refractivity contribution is 0.0706. The summed E-state index contributed by atoms with van der Waals surface area (Å²) in [4.78, 5) is 2.74. The maximum Gasteiger partial charge on any atom is 0.00504 e. The van der Waals surface area contributed by atoms with Crippen molar-refractivity contribution in [1.29, 1.82) is 0 Å². The number of rotatable bonds is 4. The molecule has 0 amide bonds. The molecule has 2 nitrogen and oxygen atoms in total. The molecule has 1 saturated carbocycles. The SMILES string of the molecule is CNCC1(CN2CCCC(C)(C)C2)CCCC1. The van der Waals surface area contributed by atoms with Gasteiger partial charge in [0.05, 0.1) is 0 Å². The Hall–Kier alpha value is -0.0800. The fourth-order valence-electron chi connectivity index (χ4n) is 4.04. The summed E-state index contributed by atoms with van der Waals surface area (Å²) in [5.74, 6) is 0. The maximum atomic E-state index is 3.43. The van der Waals surface area contributed by atoms with Gasteiger partial charge in [-0.3, -0.25) is 0 Å². The molecule has 0 aromatic rings. The zero-order valence-electron chi connectivity index (χ0n) is 12.0. The monoisotopic (exact) mass is 238 g/mol. The Bertz CT molecular complexity index is 241. The van der Waals surface area contributed by atoms with E-state index in [4.69, 9.17) is 0 Å². The Kier molecular flexibility index (Phi) is 4.14. The van der Waals surface area contributed by atoms with E-state index in [9.17, 15) is 0 Å². The highest BCUT2D eigenvalue weighted by Gasteiger charge is 2.37. The van der Waals surface area contributed by atoms with Crippen LogP contribution in [0.4, 0.5) is 0 Å². The summed E-state index contributed by atoms with van der Waals surface area (Å²) in [7, 11) is 2.11. The predicted octanol–water partition coefficient (Wildman–Crippen LogP) is 2.89. The third kappa shape index (κ3) is 3.45. The Morgan fingerprint density at radius 1 is 1.06 bits per heavy atom. The molecular formula is C15H30N2. The topological polar surface area (TPSA) is 15.3 Å². The highest BCUT2D eigenvalue weighted by atomic mass is 15.1. The molecule has 0 spiro atoms. The average molecular weight is 238 g/mol. The molecule has 1 heterocycles. The van der Waals surface area contributed by atoms with Gasteiger partial charge in [-0.15, -0.1) is 0 Å². The van der Waals surface area contributed by atoms with Gasteiger partial charge in [0.15, 0.2) is 0 Å². The van der Waals surface area contributed by atoms with Gasteiger partial charge in [-0.05, 0) is 50.1 Å². The molecule has 2 rings (SSSR count). The second-order valence-electron chi connectivity index (χ2n) is 7.22. The quantitative estimate of drug-likeness (QED) is 0.810.